The zero-order chi connectivity index (χ0) is 18.4. The summed E-state index contributed by atoms with van der Waals surface area (Å²) in [6.45, 7) is 0.662. The first-order chi connectivity index (χ1) is 12.7. The SMILES string of the molecule is COC(=O)[C@@H]1C(=S)N(Cc2ccccc2)C=C[C@H]1CCc1ccccc1. The van der Waals surface area contributed by atoms with Crippen LogP contribution in [0.3, 0.4) is 0 Å². The van der Waals surface area contributed by atoms with Crippen molar-refractivity contribution in [3.8, 4) is 0 Å². The molecule has 0 bridgehead atoms. The van der Waals surface area contributed by atoms with E-state index in [9.17, 15) is 4.79 Å². The predicted molar refractivity (Wildman–Crippen MR) is 107 cm³/mol. The second-order valence-electron chi connectivity index (χ2n) is 6.48. The lowest BCUT2D eigenvalue weighted by Gasteiger charge is -2.34. The first kappa shape index (κ1) is 18.3. The third-order valence-electron chi connectivity index (χ3n) is 4.75. The normalized spacial score (nSPS) is 19.4. The summed E-state index contributed by atoms with van der Waals surface area (Å²) in [4.78, 5) is 15.0. The fourth-order valence-electron chi connectivity index (χ4n) is 3.32. The first-order valence-electron chi connectivity index (χ1n) is 8.83. The quantitative estimate of drug-likeness (QED) is 0.561. The molecule has 3 rings (SSSR count). The molecule has 1 heterocycles. The molecule has 0 fully saturated rings. The van der Waals surface area contributed by atoms with Crippen molar-refractivity contribution in [1.82, 2.24) is 4.90 Å². The standard InChI is InChI=1S/C22H23NO2S/c1-25-22(24)20-19(13-12-17-8-4-2-5-9-17)14-15-23(21(20)26)16-18-10-6-3-7-11-18/h2-11,14-15,19-20H,12-13,16H2,1H3/t19-,20+/m1/s1. The Bertz CT molecular complexity index is 773. The molecule has 0 unspecified atom stereocenters. The lowest BCUT2D eigenvalue weighted by atomic mass is 9.84. The van der Waals surface area contributed by atoms with Gasteiger partial charge in [0.2, 0.25) is 0 Å². The van der Waals surface area contributed by atoms with E-state index in [1.807, 2.05) is 47.5 Å². The highest BCUT2D eigenvalue weighted by molar-refractivity contribution is 7.80. The number of carbonyl (C=O) groups excluding carboxylic acids is 1. The van der Waals surface area contributed by atoms with E-state index in [2.05, 4.69) is 30.3 Å². The second kappa shape index (κ2) is 8.77. The molecule has 2 atom stereocenters. The van der Waals surface area contributed by atoms with Crippen LogP contribution in [0.25, 0.3) is 0 Å². The van der Waals surface area contributed by atoms with Crippen molar-refractivity contribution in [2.75, 3.05) is 7.11 Å². The van der Waals surface area contributed by atoms with Crippen molar-refractivity contribution in [1.29, 1.82) is 0 Å². The fraction of sp³-hybridized carbons (Fsp3) is 0.273. The smallest absolute Gasteiger partial charge is 0.316 e. The van der Waals surface area contributed by atoms with E-state index in [-0.39, 0.29) is 11.9 Å². The van der Waals surface area contributed by atoms with Gasteiger partial charge in [-0.05, 0) is 29.9 Å². The molecule has 134 valence electrons. The topological polar surface area (TPSA) is 29.5 Å². The molecule has 4 heteroatoms. The van der Waals surface area contributed by atoms with Crippen LogP contribution in [0.5, 0.6) is 0 Å². The Morgan fingerprint density at radius 1 is 1.04 bits per heavy atom. The zero-order valence-corrected chi connectivity index (χ0v) is 15.7. The van der Waals surface area contributed by atoms with Crippen molar-refractivity contribution in [3.63, 3.8) is 0 Å². The number of esters is 1. The number of rotatable bonds is 6. The average Bonchev–Trinajstić information content (AvgIpc) is 2.69. The number of methoxy groups -OCH3 is 1. The molecule has 2 aromatic rings. The van der Waals surface area contributed by atoms with Gasteiger partial charge in [-0.3, -0.25) is 4.79 Å². The molecule has 0 saturated heterocycles. The Balaban J connectivity index is 1.75. The molecular weight excluding hydrogens is 342 g/mol. The summed E-state index contributed by atoms with van der Waals surface area (Å²) in [5.74, 6) is -0.606. The zero-order valence-electron chi connectivity index (χ0n) is 14.9. The molecule has 0 radical (unpaired) electrons. The van der Waals surface area contributed by atoms with E-state index in [0.717, 1.165) is 18.4 Å². The van der Waals surface area contributed by atoms with E-state index in [1.54, 1.807) is 0 Å². The van der Waals surface area contributed by atoms with Crippen molar-refractivity contribution in [3.05, 3.63) is 84.1 Å². The Morgan fingerprint density at radius 2 is 1.65 bits per heavy atom. The molecular formula is C22H23NO2S. The van der Waals surface area contributed by atoms with Gasteiger partial charge in [0.15, 0.2) is 0 Å². The van der Waals surface area contributed by atoms with Crippen molar-refractivity contribution < 1.29 is 9.53 Å². The summed E-state index contributed by atoms with van der Waals surface area (Å²) < 4.78 is 5.05. The minimum atomic E-state index is -0.410. The predicted octanol–water partition coefficient (Wildman–Crippen LogP) is 4.38. The molecule has 1 aliphatic heterocycles. The van der Waals surface area contributed by atoms with Gasteiger partial charge in [-0.2, -0.15) is 0 Å². The maximum Gasteiger partial charge on any atom is 0.316 e. The Hall–Kier alpha value is -2.46. The summed E-state index contributed by atoms with van der Waals surface area (Å²) in [6.07, 6.45) is 5.89. The molecule has 1 aliphatic rings. The lowest BCUT2D eigenvalue weighted by Crippen LogP contribution is -2.42. The van der Waals surface area contributed by atoms with Crippen molar-refractivity contribution in [2.45, 2.75) is 19.4 Å². The van der Waals surface area contributed by atoms with Gasteiger partial charge in [0.05, 0.1) is 12.1 Å². The minimum absolute atomic E-state index is 0.0576. The number of hydrogen-bond acceptors (Lipinski definition) is 3. The maximum absolute atomic E-state index is 12.4. The Kier molecular flexibility index (Phi) is 6.18. The summed E-state index contributed by atoms with van der Waals surface area (Å²) in [6, 6.07) is 20.4. The fourth-order valence-corrected chi connectivity index (χ4v) is 3.71. The second-order valence-corrected chi connectivity index (χ2v) is 6.90. The number of thiocarbonyl (C=S) groups is 1. The molecule has 26 heavy (non-hydrogen) atoms. The maximum atomic E-state index is 12.4. The van der Waals surface area contributed by atoms with E-state index >= 15 is 0 Å². The van der Waals surface area contributed by atoms with Crippen molar-refractivity contribution >= 4 is 23.2 Å². The molecule has 3 nitrogen and oxygen atoms in total. The van der Waals surface area contributed by atoms with Gasteiger partial charge >= 0.3 is 5.97 Å². The van der Waals surface area contributed by atoms with Crippen LogP contribution in [0, 0.1) is 11.8 Å². The van der Waals surface area contributed by atoms with Crippen LogP contribution < -0.4 is 0 Å². The van der Waals surface area contributed by atoms with Gasteiger partial charge < -0.3 is 9.64 Å². The monoisotopic (exact) mass is 365 g/mol. The Morgan fingerprint density at radius 3 is 2.27 bits per heavy atom. The average molecular weight is 365 g/mol. The summed E-state index contributed by atoms with van der Waals surface area (Å²) in [7, 11) is 1.43. The van der Waals surface area contributed by atoms with Crippen LogP contribution in [0.1, 0.15) is 17.5 Å². The number of carbonyl (C=O) groups is 1. The third kappa shape index (κ3) is 4.38. The number of allylic oxidation sites excluding steroid dienone is 1. The lowest BCUT2D eigenvalue weighted by molar-refractivity contribution is -0.144. The molecule has 0 aliphatic carbocycles. The number of ether oxygens (including phenoxy) is 1. The molecule has 2 aromatic carbocycles. The molecule has 0 spiro atoms. The minimum Gasteiger partial charge on any atom is -0.468 e. The van der Waals surface area contributed by atoms with Gasteiger partial charge in [0.1, 0.15) is 5.92 Å². The van der Waals surface area contributed by atoms with E-state index in [4.69, 9.17) is 17.0 Å². The van der Waals surface area contributed by atoms with Gasteiger partial charge in [-0.25, -0.2) is 0 Å². The van der Waals surface area contributed by atoms with Crippen LogP contribution in [-0.2, 0) is 22.5 Å². The van der Waals surface area contributed by atoms with E-state index < -0.39 is 5.92 Å². The highest BCUT2D eigenvalue weighted by Crippen LogP contribution is 2.29. The van der Waals surface area contributed by atoms with Crippen LogP contribution in [0.2, 0.25) is 0 Å². The number of nitrogens with zero attached hydrogens (tertiary/aromatic N) is 1. The highest BCUT2D eigenvalue weighted by Gasteiger charge is 2.36. The van der Waals surface area contributed by atoms with Gasteiger partial charge in [-0.15, -0.1) is 0 Å². The molecule has 0 saturated carbocycles. The Labute approximate surface area is 160 Å². The van der Waals surface area contributed by atoms with Crippen LogP contribution in [-0.4, -0.2) is 23.0 Å². The molecule has 0 aromatic heterocycles. The third-order valence-corrected chi connectivity index (χ3v) is 5.24. The molecule has 0 amide bonds. The van der Waals surface area contributed by atoms with Gasteiger partial charge in [0.25, 0.3) is 0 Å². The van der Waals surface area contributed by atoms with Crippen LogP contribution in [0.15, 0.2) is 72.9 Å². The van der Waals surface area contributed by atoms with Crippen LogP contribution >= 0.6 is 12.2 Å². The van der Waals surface area contributed by atoms with Crippen LogP contribution in [0.4, 0.5) is 0 Å². The number of aryl methyl sites for hydroxylation is 1. The summed E-state index contributed by atoms with van der Waals surface area (Å²) in [5.41, 5.74) is 2.42. The van der Waals surface area contributed by atoms with Crippen molar-refractivity contribution in [2.24, 2.45) is 11.8 Å². The van der Waals surface area contributed by atoms with Gasteiger partial charge in [0, 0.05) is 12.7 Å². The van der Waals surface area contributed by atoms with E-state index in [0.29, 0.717) is 11.5 Å². The summed E-state index contributed by atoms with van der Waals surface area (Å²) >= 11 is 5.67. The van der Waals surface area contributed by atoms with E-state index in [1.165, 1.54) is 12.7 Å². The highest BCUT2D eigenvalue weighted by atomic mass is 32.1. The first-order valence-corrected chi connectivity index (χ1v) is 9.24. The molecule has 0 N–H and O–H groups in total. The number of hydrogen-bond donors (Lipinski definition) is 0. The summed E-state index contributed by atoms with van der Waals surface area (Å²) in [5, 5.41) is 0. The largest absolute Gasteiger partial charge is 0.468 e. The number of benzene rings is 2. The van der Waals surface area contributed by atoms with Gasteiger partial charge in [-0.1, -0.05) is 79.0 Å².